The van der Waals surface area contributed by atoms with E-state index in [1.165, 1.54) is 23.1 Å². The van der Waals surface area contributed by atoms with Gasteiger partial charge in [0.05, 0.1) is 17.8 Å². The van der Waals surface area contributed by atoms with Gasteiger partial charge >= 0.3 is 18.6 Å². The summed E-state index contributed by atoms with van der Waals surface area (Å²) in [5, 5.41) is 11.8. The average Bonchev–Trinajstić information content (AvgIpc) is 2.90. The van der Waals surface area contributed by atoms with Gasteiger partial charge in [-0.3, -0.25) is 4.79 Å². The Morgan fingerprint density at radius 3 is 2.46 bits per heavy atom. The van der Waals surface area contributed by atoms with Crippen LogP contribution in [0.25, 0.3) is 0 Å². The number of rotatable bonds is 6. The predicted octanol–water partition coefficient (Wildman–Crippen LogP) is 5.47. The van der Waals surface area contributed by atoms with E-state index in [0.29, 0.717) is 10.5 Å². The van der Waals surface area contributed by atoms with Gasteiger partial charge in [-0.2, -0.15) is 22.8 Å². The summed E-state index contributed by atoms with van der Waals surface area (Å²) >= 11 is 1.08. The van der Waals surface area contributed by atoms with E-state index in [9.17, 15) is 36.8 Å². The van der Waals surface area contributed by atoms with Gasteiger partial charge in [-0.05, 0) is 50.6 Å². The lowest BCUT2D eigenvalue weighted by molar-refractivity contribution is -0.253. The summed E-state index contributed by atoms with van der Waals surface area (Å²) < 4.78 is 74.8. The molecule has 1 aliphatic heterocycles. The lowest BCUT2D eigenvalue weighted by Crippen LogP contribution is -2.50. The Balaban J connectivity index is 1.92. The van der Waals surface area contributed by atoms with Crippen LogP contribution in [0.3, 0.4) is 0 Å². The molecule has 1 N–H and O–H groups in total. The van der Waals surface area contributed by atoms with Gasteiger partial charge < -0.3 is 19.7 Å². The molecule has 1 atom stereocenters. The lowest BCUT2D eigenvalue weighted by Gasteiger charge is -2.27. The van der Waals surface area contributed by atoms with Crippen LogP contribution in [0.4, 0.5) is 32.4 Å². The number of alkyl halides is 4. The van der Waals surface area contributed by atoms with Crippen molar-refractivity contribution in [3.63, 3.8) is 0 Å². The zero-order chi connectivity index (χ0) is 27.5. The number of hydrogen-bond acceptors (Lipinski definition) is 6. The minimum absolute atomic E-state index is 0.0302. The number of carbonyl (C=O) groups is 2. The van der Waals surface area contributed by atoms with E-state index in [-0.39, 0.29) is 23.5 Å². The number of amides is 2. The van der Waals surface area contributed by atoms with Crippen molar-refractivity contribution in [2.45, 2.75) is 56.4 Å². The molecule has 0 aromatic heterocycles. The van der Waals surface area contributed by atoms with E-state index in [1.54, 1.807) is 26.8 Å². The highest BCUT2D eigenvalue weighted by atomic mass is 32.2. The summed E-state index contributed by atoms with van der Waals surface area (Å²) in [6, 6.07) is 7.57. The van der Waals surface area contributed by atoms with Crippen LogP contribution in [0.1, 0.15) is 31.9 Å². The Hall–Kier alpha value is -3.53. The molecule has 7 nitrogen and oxygen atoms in total. The van der Waals surface area contributed by atoms with Gasteiger partial charge in [-0.1, -0.05) is 12.1 Å². The summed E-state index contributed by atoms with van der Waals surface area (Å²) in [6.07, 6.45) is -9.56. The number of halogens is 5. The summed E-state index contributed by atoms with van der Waals surface area (Å²) in [6.45, 7) is 4.76. The Bertz CT molecular complexity index is 1210. The number of benzene rings is 2. The van der Waals surface area contributed by atoms with Gasteiger partial charge in [-0.25, -0.2) is 9.18 Å². The molecule has 2 aromatic carbocycles. The van der Waals surface area contributed by atoms with Gasteiger partial charge in [0.1, 0.15) is 29.3 Å². The number of nitrogens with one attached hydrogen (secondary N) is 1. The molecule has 0 saturated heterocycles. The minimum atomic E-state index is -4.68. The number of thioether (sulfide) groups is 1. The van der Waals surface area contributed by atoms with Gasteiger partial charge in [0.25, 0.3) is 5.91 Å². The fourth-order valence-electron chi connectivity index (χ4n) is 3.27. The fraction of sp³-hybridized carbons (Fsp3) is 0.375. The number of carbonyl (C=O) groups excluding carboxylic acids is 2. The van der Waals surface area contributed by atoms with E-state index in [2.05, 4.69) is 10.1 Å². The molecule has 0 saturated carbocycles. The van der Waals surface area contributed by atoms with Crippen LogP contribution < -0.4 is 15.0 Å². The minimum Gasteiger partial charge on any atom is -0.444 e. The first-order valence-corrected chi connectivity index (χ1v) is 11.8. The number of fused-ring (bicyclic) bond motifs is 1. The second-order valence-corrected chi connectivity index (χ2v) is 10.0. The monoisotopic (exact) mass is 543 g/mol. The number of nitrogens with zero attached hydrogens (tertiary/aromatic N) is 2. The molecular weight excluding hydrogens is 521 g/mol. The van der Waals surface area contributed by atoms with Crippen molar-refractivity contribution in [3.8, 4) is 11.8 Å². The maximum Gasteiger partial charge on any atom is 0.461 e. The Labute approximate surface area is 213 Å². The molecule has 198 valence electrons. The second kappa shape index (κ2) is 10.8. The van der Waals surface area contributed by atoms with Crippen molar-refractivity contribution in [1.29, 1.82) is 5.26 Å². The highest BCUT2D eigenvalue weighted by Gasteiger charge is 2.44. The molecule has 13 heteroatoms. The topological polar surface area (TPSA) is 91.7 Å². The summed E-state index contributed by atoms with van der Waals surface area (Å²) in [7, 11) is 0. The largest absolute Gasteiger partial charge is 0.461 e. The lowest BCUT2D eigenvalue weighted by atomic mass is 10.1. The van der Waals surface area contributed by atoms with Gasteiger partial charge in [0.2, 0.25) is 0 Å². The van der Waals surface area contributed by atoms with Crippen LogP contribution in [0, 0.1) is 17.1 Å². The van der Waals surface area contributed by atoms with Crippen LogP contribution in [-0.2, 0) is 16.1 Å². The summed E-state index contributed by atoms with van der Waals surface area (Å²) in [5.74, 6) is -1.88. The third-order valence-corrected chi connectivity index (χ3v) is 6.03. The normalized spacial score (nSPS) is 16.1. The molecule has 0 spiro atoms. The van der Waals surface area contributed by atoms with E-state index in [4.69, 9.17) is 4.74 Å². The van der Waals surface area contributed by atoms with Crippen molar-refractivity contribution in [2.75, 3.05) is 10.7 Å². The maximum atomic E-state index is 14.3. The number of anilines is 1. The first-order chi connectivity index (χ1) is 17.2. The third kappa shape index (κ3) is 7.03. The number of alkyl carbamates (subject to hydrolysis) is 1. The third-order valence-electron chi connectivity index (χ3n) is 4.89. The number of ether oxygens (including phenoxy) is 2. The second-order valence-electron chi connectivity index (χ2n) is 8.95. The van der Waals surface area contributed by atoms with Crippen LogP contribution in [-0.4, -0.2) is 41.9 Å². The van der Waals surface area contributed by atoms with E-state index in [1.807, 2.05) is 0 Å². The zero-order valence-electron chi connectivity index (χ0n) is 19.9. The van der Waals surface area contributed by atoms with Crippen molar-refractivity contribution in [3.05, 3.63) is 53.3 Å². The van der Waals surface area contributed by atoms with Crippen LogP contribution in [0.2, 0.25) is 0 Å². The van der Waals surface area contributed by atoms with Crippen LogP contribution in [0.15, 0.2) is 41.3 Å². The van der Waals surface area contributed by atoms with Crippen LogP contribution in [0.5, 0.6) is 5.75 Å². The van der Waals surface area contributed by atoms with Crippen molar-refractivity contribution in [1.82, 2.24) is 5.32 Å². The van der Waals surface area contributed by atoms with Crippen molar-refractivity contribution >= 4 is 29.4 Å². The van der Waals surface area contributed by atoms with Gasteiger partial charge in [0.15, 0.2) is 0 Å². The molecule has 0 fully saturated rings. The SMILES string of the molecule is CC(C)(C)OC(=O)N[C@H]1CSc2cc(F)c(C#N)cc2N(Cc2ccc(OC(F)(F)C(F)F)cc2)C1=O. The molecule has 0 bridgehead atoms. The fourth-order valence-corrected chi connectivity index (χ4v) is 4.35. The van der Waals surface area contributed by atoms with Crippen molar-refractivity contribution < 1.29 is 41.0 Å². The number of hydrogen-bond donors (Lipinski definition) is 1. The molecule has 37 heavy (non-hydrogen) atoms. The average molecular weight is 544 g/mol. The molecule has 1 heterocycles. The maximum absolute atomic E-state index is 14.3. The number of nitriles is 1. The van der Waals surface area contributed by atoms with E-state index >= 15 is 0 Å². The van der Waals surface area contributed by atoms with Gasteiger partial charge in [0, 0.05) is 10.6 Å². The molecule has 2 aromatic rings. The molecule has 2 amide bonds. The first kappa shape index (κ1) is 28.0. The predicted molar refractivity (Wildman–Crippen MR) is 124 cm³/mol. The quantitative estimate of drug-likeness (QED) is 0.486. The van der Waals surface area contributed by atoms with E-state index in [0.717, 1.165) is 30.0 Å². The highest BCUT2D eigenvalue weighted by Crippen LogP contribution is 2.37. The Kier molecular flexibility index (Phi) is 8.22. The smallest absolute Gasteiger partial charge is 0.444 e. The Morgan fingerprint density at radius 2 is 1.89 bits per heavy atom. The molecular formula is C24H22F5N3O4S. The molecule has 0 radical (unpaired) electrons. The van der Waals surface area contributed by atoms with Crippen LogP contribution >= 0.6 is 11.8 Å². The molecule has 0 unspecified atom stereocenters. The molecule has 1 aliphatic rings. The standard InChI is InChI=1S/C24H22F5N3O4S/c1-23(2,3)36-22(34)31-17-12-37-19-9-16(25)14(10-30)8-18(19)32(20(17)33)11-13-4-6-15(7-5-13)35-24(28,29)21(26)27/h4-9,17,21H,11-12H2,1-3H3,(H,31,34)/t17-/m0/s1. The first-order valence-electron chi connectivity index (χ1n) is 10.8. The Morgan fingerprint density at radius 1 is 1.24 bits per heavy atom. The highest BCUT2D eigenvalue weighted by molar-refractivity contribution is 7.99. The summed E-state index contributed by atoms with van der Waals surface area (Å²) in [5.41, 5.74) is -0.568. The molecule has 3 rings (SSSR count). The summed E-state index contributed by atoms with van der Waals surface area (Å²) in [4.78, 5) is 27.4. The van der Waals surface area contributed by atoms with Gasteiger partial charge in [-0.15, -0.1) is 11.8 Å². The molecule has 0 aliphatic carbocycles. The van der Waals surface area contributed by atoms with Crippen molar-refractivity contribution in [2.24, 2.45) is 0 Å². The zero-order valence-corrected chi connectivity index (χ0v) is 20.7. The van der Waals surface area contributed by atoms with E-state index < -0.39 is 47.7 Å².